The van der Waals surface area contributed by atoms with Gasteiger partial charge in [-0.1, -0.05) is 22.9 Å². The minimum atomic E-state index is 0.365. The molecule has 0 aliphatic carbocycles. The van der Waals surface area contributed by atoms with Crippen LogP contribution in [-0.4, -0.2) is 25.1 Å². The second kappa shape index (κ2) is 5.84. The van der Waals surface area contributed by atoms with Crippen LogP contribution in [0.5, 0.6) is 17.2 Å². The highest BCUT2D eigenvalue weighted by molar-refractivity contribution is 9.10. The maximum Gasteiger partial charge on any atom is 0.132 e. The lowest BCUT2D eigenvalue weighted by atomic mass is 9.88. The Bertz CT molecular complexity index is 759. The van der Waals surface area contributed by atoms with E-state index in [0.717, 1.165) is 43.2 Å². The third-order valence-electron chi connectivity index (χ3n) is 4.99. The van der Waals surface area contributed by atoms with Crippen molar-refractivity contribution in [3.63, 3.8) is 0 Å². The van der Waals surface area contributed by atoms with Crippen LogP contribution in [0.4, 0.5) is 0 Å². The molecule has 2 aromatic carbocycles. The van der Waals surface area contributed by atoms with Crippen LogP contribution in [-0.2, 0) is 12.8 Å². The summed E-state index contributed by atoms with van der Waals surface area (Å²) in [5.74, 6) is 2.83. The third-order valence-corrected chi connectivity index (χ3v) is 5.73. The first kappa shape index (κ1) is 15.0. The number of benzene rings is 2. The first-order valence-corrected chi connectivity index (χ1v) is 8.90. The number of ether oxygens (including phenoxy) is 2. The summed E-state index contributed by atoms with van der Waals surface area (Å²) >= 11 is 3.73. The summed E-state index contributed by atoms with van der Waals surface area (Å²) in [4.78, 5) is 2.55. The molecule has 3 nitrogen and oxygen atoms in total. The molecule has 0 saturated carbocycles. The second-order valence-corrected chi connectivity index (χ2v) is 6.97. The van der Waals surface area contributed by atoms with Gasteiger partial charge in [-0.15, -0.1) is 0 Å². The highest BCUT2D eigenvalue weighted by Crippen LogP contribution is 2.47. The first-order chi connectivity index (χ1) is 11.2. The molecule has 0 spiro atoms. The van der Waals surface area contributed by atoms with E-state index in [1.807, 2.05) is 12.1 Å². The number of hydrogen-bond donors (Lipinski definition) is 0. The van der Waals surface area contributed by atoms with Gasteiger partial charge in [-0.05, 0) is 55.3 Å². The van der Waals surface area contributed by atoms with Crippen molar-refractivity contribution in [2.75, 3.05) is 20.2 Å². The highest BCUT2D eigenvalue weighted by Gasteiger charge is 2.34. The largest absolute Gasteiger partial charge is 0.497 e. The van der Waals surface area contributed by atoms with Gasteiger partial charge in [0, 0.05) is 28.2 Å². The molecule has 2 aliphatic heterocycles. The van der Waals surface area contributed by atoms with E-state index < -0.39 is 0 Å². The highest BCUT2D eigenvalue weighted by atomic mass is 79.9. The zero-order valence-corrected chi connectivity index (χ0v) is 15.0. The molecule has 2 heterocycles. The molecule has 0 N–H and O–H groups in total. The summed E-state index contributed by atoms with van der Waals surface area (Å²) in [5, 5.41) is 0. The van der Waals surface area contributed by atoms with E-state index in [4.69, 9.17) is 9.47 Å². The van der Waals surface area contributed by atoms with Gasteiger partial charge in [-0.25, -0.2) is 0 Å². The molecule has 0 bridgehead atoms. The maximum absolute atomic E-state index is 6.29. The Morgan fingerprint density at radius 1 is 1.26 bits per heavy atom. The smallest absolute Gasteiger partial charge is 0.132 e. The van der Waals surface area contributed by atoms with Gasteiger partial charge in [0.05, 0.1) is 7.11 Å². The quantitative estimate of drug-likeness (QED) is 0.759. The van der Waals surface area contributed by atoms with E-state index in [-0.39, 0.29) is 0 Å². The summed E-state index contributed by atoms with van der Waals surface area (Å²) in [5.41, 5.74) is 3.97. The molecule has 0 saturated heterocycles. The van der Waals surface area contributed by atoms with Crippen molar-refractivity contribution >= 4 is 15.9 Å². The fourth-order valence-corrected chi connectivity index (χ4v) is 4.34. The van der Waals surface area contributed by atoms with Gasteiger partial charge in [-0.3, -0.25) is 4.90 Å². The number of likely N-dealkylation sites (N-methyl/N-ethyl adjacent to an activating group) is 1. The van der Waals surface area contributed by atoms with Crippen LogP contribution >= 0.6 is 15.9 Å². The van der Waals surface area contributed by atoms with E-state index in [9.17, 15) is 0 Å². The van der Waals surface area contributed by atoms with E-state index >= 15 is 0 Å². The predicted octanol–water partition coefficient (Wildman–Crippen LogP) is 4.73. The zero-order valence-electron chi connectivity index (χ0n) is 13.4. The minimum absolute atomic E-state index is 0.365. The Kier molecular flexibility index (Phi) is 3.82. The fraction of sp³-hybridized carbons (Fsp3) is 0.368. The Hall–Kier alpha value is -1.52. The molecule has 120 valence electrons. The molecule has 2 aromatic rings. The number of nitrogens with zero attached hydrogens (tertiary/aromatic N) is 1. The van der Waals surface area contributed by atoms with Gasteiger partial charge in [-0.2, -0.15) is 0 Å². The standard InChI is InChI=1S/C19H20BrNO2/c1-3-21-9-8-14-15(20)5-7-18-19(14)16(21)11-12-10-13(22-2)4-6-17(12)23-18/h4-7,10,16H,3,8-9,11H2,1-2H3. The summed E-state index contributed by atoms with van der Waals surface area (Å²) in [7, 11) is 1.71. The van der Waals surface area contributed by atoms with Crippen molar-refractivity contribution in [1.82, 2.24) is 4.90 Å². The molecule has 0 fully saturated rings. The van der Waals surface area contributed by atoms with Crippen molar-refractivity contribution in [1.29, 1.82) is 0 Å². The molecule has 0 radical (unpaired) electrons. The average Bonchev–Trinajstić information content (AvgIpc) is 2.74. The summed E-state index contributed by atoms with van der Waals surface area (Å²) < 4.78 is 12.9. The second-order valence-electron chi connectivity index (χ2n) is 6.11. The van der Waals surface area contributed by atoms with E-state index in [1.165, 1.54) is 21.2 Å². The Morgan fingerprint density at radius 3 is 2.87 bits per heavy atom. The Labute approximate surface area is 145 Å². The molecule has 0 amide bonds. The predicted molar refractivity (Wildman–Crippen MR) is 94.6 cm³/mol. The third kappa shape index (κ3) is 2.45. The minimum Gasteiger partial charge on any atom is -0.497 e. The van der Waals surface area contributed by atoms with E-state index in [2.05, 4.69) is 46.0 Å². The fourth-order valence-electron chi connectivity index (χ4n) is 3.80. The number of hydrogen-bond acceptors (Lipinski definition) is 3. The molecule has 1 unspecified atom stereocenters. The van der Waals surface area contributed by atoms with Crippen molar-refractivity contribution in [3.05, 3.63) is 51.5 Å². The first-order valence-electron chi connectivity index (χ1n) is 8.11. The lowest BCUT2D eigenvalue weighted by molar-refractivity contribution is 0.193. The van der Waals surface area contributed by atoms with Gasteiger partial charge in [0.2, 0.25) is 0 Å². The van der Waals surface area contributed by atoms with Crippen LogP contribution in [0.2, 0.25) is 0 Å². The zero-order chi connectivity index (χ0) is 16.0. The van der Waals surface area contributed by atoms with E-state index in [0.29, 0.717) is 6.04 Å². The molecule has 2 aliphatic rings. The van der Waals surface area contributed by atoms with Gasteiger partial charge in [0.25, 0.3) is 0 Å². The number of halogens is 1. The summed E-state index contributed by atoms with van der Waals surface area (Å²) in [6, 6.07) is 10.7. The summed E-state index contributed by atoms with van der Waals surface area (Å²) in [6.45, 7) is 4.38. The number of fused-ring (bicyclic) bond motifs is 1. The number of rotatable bonds is 2. The molecule has 23 heavy (non-hydrogen) atoms. The van der Waals surface area contributed by atoms with Crippen LogP contribution in [0.3, 0.4) is 0 Å². The Balaban J connectivity index is 1.89. The maximum atomic E-state index is 6.29. The van der Waals surface area contributed by atoms with Crippen molar-refractivity contribution in [2.45, 2.75) is 25.8 Å². The van der Waals surface area contributed by atoms with Gasteiger partial charge in [0.1, 0.15) is 17.2 Å². The molecule has 1 atom stereocenters. The van der Waals surface area contributed by atoms with Crippen LogP contribution in [0.25, 0.3) is 0 Å². The van der Waals surface area contributed by atoms with Gasteiger partial charge < -0.3 is 9.47 Å². The molecule has 0 aromatic heterocycles. The van der Waals surface area contributed by atoms with Crippen molar-refractivity contribution in [3.8, 4) is 17.2 Å². The molecule has 4 heteroatoms. The summed E-state index contributed by atoms with van der Waals surface area (Å²) in [6.07, 6.45) is 2.02. The average molecular weight is 374 g/mol. The van der Waals surface area contributed by atoms with Gasteiger partial charge >= 0.3 is 0 Å². The van der Waals surface area contributed by atoms with Crippen LogP contribution < -0.4 is 9.47 Å². The number of methoxy groups -OCH3 is 1. The van der Waals surface area contributed by atoms with Crippen molar-refractivity contribution < 1.29 is 9.47 Å². The lowest BCUT2D eigenvalue weighted by Crippen LogP contribution is -2.36. The topological polar surface area (TPSA) is 21.7 Å². The molecule has 4 rings (SSSR count). The normalized spacial score (nSPS) is 19.3. The SMILES string of the molecule is CCN1CCc2c(Br)ccc3c2C1Cc1cc(OC)ccc1O3. The van der Waals surface area contributed by atoms with E-state index in [1.54, 1.807) is 7.11 Å². The van der Waals surface area contributed by atoms with Crippen LogP contribution in [0, 0.1) is 0 Å². The monoisotopic (exact) mass is 373 g/mol. The Morgan fingerprint density at radius 2 is 2.09 bits per heavy atom. The molecular formula is C19H20BrNO2. The lowest BCUT2D eigenvalue weighted by Gasteiger charge is -2.36. The van der Waals surface area contributed by atoms with Crippen LogP contribution in [0.1, 0.15) is 29.7 Å². The van der Waals surface area contributed by atoms with Crippen molar-refractivity contribution in [2.24, 2.45) is 0 Å². The van der Waals surface area contributed by atoms with Crippen LogP contribution in [0.15, 0.2) is 34.8 Å². The van der Waals surface area contributed by atoms with Gasteiger partial charge in [0.15, 0.2) is 0 Å². The molecular weight excluding hydrogens is 354 g/mol.